The zero-order valence-corrected chi connectivity index (χ0v) is 20.2. The lowest BCUT2D eigenvalue weighted by Crippen LogP contribution is -2.50. The Hall–Kier alpha value is -3.81. The summed E-state index contributed by atoms with van der Waals surface area (Å²) < 4.78 is 10.6. The summed E-state index contributed by atoms with van der Waals surface area (Å²) in [6.07, 6.45) is 0.778. The number of aromatic nitrogens is 2. The third-order valence-corrected chi connectivity index (χ3v) is 6.04. The molecule has 1 aliphatic rings. The van der Waals surface area contributed by atoms with Crippen molar-refractivity contribution < 1.29 is 14.3 Å². The number of carbonyl (C=O) groups is 1. The maximum atomic E-state index is 12.9. The first-order valence-electron chi connectivity index (χ1n) is 11.4. The second-order valence-electron chi connectivity index (χ2n) is 8.29. The van der Waals surface area contributed by atoms with E-state index in [-0.39, 0.29) is 6.03 Å². The van der Waals surface area contributed by atoms with Crippen LogP contribution in [0.2, 0.25) is 0 Å². The molecule has 1 saturated heterocycles. The minimum absolute atomic E-state index is 0.150. The first-order chi connectivity index (χ1) is 16.5. The largest absolute Gasteiger partial charge is 0.497 e. The number of hydrogen-bond acceptors (Lipinski definition) is 6. The van der Waals surface area contributed by atoms with Gasteiger partial charge in [0.05, 0.1) is 19.9 Å². The molecule has 2 heterocycles. The van der Waals surface area contributed by atoms with Gasteiger partial charge in [-0.25, -0.2) is 14.8 Å². The minimum atomic E-state index is -0.150. The topological polar surface area (TPSA) is 79.8 Å². The molecule has 1 fully saturated rings. The minimum Gasteiger partial charge on any atom is -0.497 e. The van der Waals surface area contributed by atoms with Crippen molar-refractivity contribution in [3.05, 3.63) is 71.2 Å². The Bertz CT molecular complexity index is 1140. The number of aryl methyl sites for hydroxylation is 2. The van der Waals surface area contributed by atoms with E-state index in [9.17, 15) is 4.79 Å². The van der Waals surface area contributed by atoms with E-state index in [1.54, 1.807) is 32.4 Å². The van der Waals surface area contributed by atoms with Crippen molar-refractivity contribution >= 4 is 17.5 Å². The highest BCUT2D eigenvalue weighted by Crippen LogP contribution is 2.30. The van der Waals surface area contributed by atoms with Gasteiger partial charge in [-0.2, -0.15) is 0 Å². The summed E-state index contributed by atoms with van der Waals surface area (Å²) in [4.78, 5) is 26.4. The number of carbonyl (C=O) groups excluding carboxylic acids is 1. The molecule has 2 amide bonds. The van der Waals surface area contributed by atoms with Crippen LogP contribution in [0.5, 0.6) is 11.5 Å². The molecule has 34 heavy (non-hydrogen) atoms. The summed E-state index contributed by atoms with van der Waals surface area (Å²) in [6, 6.07) is 15.6. The maximum Gasteiger partial charge on any atom is 0.322 e. The van der Waals surface area contributed by atoms with Gasteiger partial charge >= 0.3 is 6.03 Å². The quantitative estimate of drug-likeness (QED) is 0.597. The van der Waals surface area contributed by atoms with Crippen LogP contribution in [-0.2, 0) is 6.42 Å². The van der Waals surface area contributed by atoms with Crippen LogP contribution in [0.3, 0.4) is 0 Å². The summed E-state index contributed by atoms with van der Waals surface area (Å²) in [7, 11) is 3.17. The van der Waals surface area contributed by atoms with E-state index in [2.05, 4.69) is 39.5 Å². The fourth-order valence-electron chi connectivity index (χ4n) is 4.20. The number of rotatable bonds is 6. The maximum absolute atomic E-state index is 12.9. The number of anilines is 2. The van der Waals surface area contributed by atoms with E-state index in [1.807, 2.05) is 24.8 Å². The van der Waals surface area contributed by atoms with Crippen LogP contribution in [0, 0.1) is 13.8 Å². The third kappa shape index (κ3) is 5.22. The molecular weight excluding hydrogens is 430 g/mol. The van der Waals surface area contributed by atoms with E-state index < -0.39 is 0 Å². The lowest BCUT2D eigenvalue weighted by molar-refractivity contribution is 0.208. The molecule has 0 bridgehead atoms. The Labute approximate surface area is 200 Å². The zero-order chi connectivity index (χ0) is 24.1. The fourth-order valence-corrected chi connectivity index (χ4v) is 4.20. The molecule has 2 aromatic carbocycles. The van der Waals surface area contributed by atoms with E-state index in [0.717, 1.165) is 29.3 Å². The number of methoxy groups -OCH3 is 2. The molecule has 0 radical (unpaired) electrons. The SMILES string of the molecule is COc1ccc(NC(=O)N2CCN(c3nc(C)nc(C)c3Cc3ccccc3)CC2)c(OC)c1. The van der Waals surface area contributed by atoms with Gasteiger partial charge in [-0.3, -0.25) is 0 Å². The molecule has 178 valence electrons. The molecule has 0 aliphatic carbocycles. The lowest BCUT2D eigenvalue weighted by Gasteiger charge is -2.36. The predicted molar refractivity (Wildman–Crippen MR) is 133 cm³/mol. The molecular formula is C26H31N5O3. The number of benzene rings is 2. The van der Waals surface area contributed by atoms with Crippen molar-refractivity contribution in [3.63, 3.8) is 0 Å². The van der Waals surface area contributed by atoms with Crippen molar-refractivity contribution in [2.24, 2.45) is 0 Å². The van der Waals surface area contributed by atoms with Crippen LogP contribution >= 0.6 is 0 Å². The highest BCUT2D eigenvalue weighted by atomic mass is 16.5. The van der Waals surface area contributed by atoms with Gasteiger partial charge in [0.15, 0.2) is 0 Å². The number of hydrogen-bond donors (Lipinski definition) is 1. The van der Waals surface area contributed by atoms with Crippen molar-refractivity contribution in [1.29, 1.82) is 0 Å². The predicted octanol–water partition coefficient (Wildman–Crippen LogP) is 4.06. The Morgan fingerprint density at radius 1 is 0.971 bits per heavy atom. The standard InChI is InChI=1S/C26H31N5O3/c1-18-22(16-20-8-6-5-7-9-20)25(28-19(2)27-18)30-12-14-31(15-13-30)26(32)29-23-11-10-21(33-3)17-24(23)34-4/h5-11,17H,12-16H2,1-4H3,(H,29,32). The van der Waals surface area contributed by atoms with Crippen molar-refractivity contribution in [1.82, 2.24) is 14.9 Å². The highest BCUT2D eigenvalue weighted by Gasteiger charge is 2.25. The van der Waals surface area contributed by atoms with E-state index in [1.165, 1.54) is 5.56 Å². The zero-order valence-electron chi connectivity index (χ0n) is 20.2. The molecule has 1 aromatic heterocycles. The molecule has 8 nitrogen and oxygen atoms in total. The molecule has 4 rings (SSSR count). The van der Waals surface area contributed by atoms with Crippen molar-refractivity contribution in [2.45, 2.75) is 20.3 Å². The molecule has 0 saturated carbocycles. The molecule has 3 aromatic rings. The third-order valence-electron chi connectivity index (χ3n) is 6.04. The lowest BCUT2D eigenvalue weighted by atomic mass is 10.0. The molecule has 8 heteroatoms. The first kappa shape index (κ1) is 23.4. The Morgan fingerprint density at radius 3 is 2.38 bits per heavy atom. The number of amides is 2. The molecule has 0 unspecified atom stereocenters. The van der Waals surface area contributed by atoms with Crippen LogP contribution in [-0.4, -0.2) is 61.3 Å². The summed E-state index contributed by atoms with van der Waals surface area (Å²) in [5, 5.41) is 2.96. The Morgan fingerprint density at radius 2 is 1.71 bits per heavy atom. The number of nitrogens with one attached hydrogen (secondary N) is 1. The smallest absolute Gasteiger partial charge is 0.322 e. The van der Waals surface area contributed by atoms with E-state index in [4.69, 9.17) is 14.5 Å². The first-order valence-corrected chi connectivity index (χ1v) is 11.4. The van der Waals surface area contributed by atoms with Gasteiger partial charge in [0, 0.05) is 49.9 Å². The van der Waals surface area contributed by atoms with E-state index in [0.29, 0.717) is 43.4 Å². The second kappa shape index (κ2) is 10.4. The summed E-state index contributed by atoms with van der Waals surface area (Å²) in [5.74, 6) is 2.95. The summed E-state index contributed by atoms with van der Waals surface area (Å²) >= 11 is 0. The van der Waals surface area contributed by atoms with Gasteiger partial charge in [0.1, 0.15) is 23.1 Å². The van der Waals surface area contributed by atoms with Gasteiger partial charge in [-0.05, 0) is 31.5 Å². The molecule has 0 spiro atoms. The summed E-state index contributed by atoms with van der Waals surface area (Å²) in [6.45, 7) is 6.56. The van der Waals surface area contributed by atoms with Crippen LogP contribution in [0.4, 0.5) is 16.3 Å². The average Bonchev–Trinajstić information content (AvgIpc) is 2.86. The van der Waals surface area contributed by atoms with Crippen LogP contribution in [0.25, 0.3) is 0 Å². The van der Waals surface area contributed by atoms with Gasteiger partial charge in [-0.1, -0.05) is 30.3 Å². The van der Waals surface area contributed by atoms with Gasteiger partial charge in [0.25, 0.3) is 0 Å². The van der Waals surface area contributed by atoms with Gasteiger partial charge in [-0.15, -0.1) is 0 Å². The summed E-state index contributed by atoms with van der Waals surface area (Å²) in [5.41, 5.74) is 3.98. The second-order valence-corrected chi connectivity index (χ2v) is 8.29. The van der Waals surface area contributed by atoms with Crippen LogP contribution < -0.4 is 19.7 Å². The average molecular weight is 462 g/mol. The van der Waals surface area contributed by atoms with Crippen LogP contribution in [0.15, 0.2) is 48.5 Å². The normalized spacial score (nSPS) is 13.5. The van der Waals surface area contributed by atoms with Gasteiger partial charge in [0.2, 0.25) is 0 Å². The molecule has 0 atom stereocenters. The fraction of sp³-hybridized carbons (Fsp3) is 0.346. The highest BCUT2D eigenvalue weighted by molar-refractivity contribution is 5.91. The van der Waals surface area contributed by atoms with Gasteiger partial charge < -0.3 is 24.6 Å². The Balaban J connectivity index is 1.45. The van der Waals surface area contributed by atoms with Crippen molar-refractivity contribution in [3.8, 4) is 11.5 Å². The van der Waals surface area contributed by atoms with E-state index >= 15 is 0 Å². The van der Waals surface area contributed by atoms with Crippen LogP contribution in [0.1, 0.15) is 22.6 Å². The number of piperazine rings is 1. The Kier molecular flexibility index (Phi) is 7.15. The van der Waals surface area contributed by atoms with Crippen molar-refractivity contribution in [2.75, 3.05) is 50.6 Å². The number of ether oxygens (including phenoxy) is 2. The monoisotopic (exact) mass is 461 g/mol. The number of urea groups is 1. The number of nitrogens with zero attached hydrogens (tertiary/aromatic N) is 4. The molecule has 1 N–H and O–H groups in total. The molecule has 1 aliphatic heterocycles.